The Morgan fingerprint density at radius 1 is 0.769 bits per heavy atom. The SMILES string of the molecule is CCOC(=O)C(C)N1CCNCCNCCN(C(C)C(=O)OCC)CC1. The lowest BCUT2D eigenvalue weighted by Crippen LogP contribution is -2.51. The predicted molar refractivity (Wildman–Crippen MR) is 101 cm³/mol. The maximum atomic E-state index is 12.1. The molecule has 1 fully saturated rings. The summed E-state index contributed by atoms with van der Waals surface area (Å²) in [4.78, 5) is 28.5. The van der Waals surface area contributed by atoms with Crippen molar-refractivity contribution < 1.29 is 19.1 Å². The van der Waals surface area contributed by atoms with Gasteiger partial charge in [-0.25, -0.2) is 0 Å². The van der Waals surface area contributed by atoms with Crippen LogP contribution in [0.1, 0.15) is 27.7 Å². The third-order valence-corrected chi connectivity index (χ3v) is 4.66. The molecule has 152 valence electrons. The van der Waals surface area contributed by atoms with Gasteiger partial charge in [-0.2, -0.15) is 0 Å². The zero-order valence-electron chi connectivity index (χ0n) is 16.8. The van der Waals surface area contributed by atoms with Crippen LogP contribution in [0.4, 0.5) is 0 Å². The molecule has 1 heterocycles. The van der Waals surface area contributed by atoms with Gasteiger partial charge in [0, 0.05) is 52.4 Å². The van der Waals surface area contributed by atoms with Gasteiger partial charge in [0.15, 0.2) is 0 Å². The van der Waals surface area contributed by atoms with Gasteiger partial charge in [0.1, 0.15) is 12.1 Å². The molecule has 2 unspecified atom stereocenters. The topological polar surface area (TPSA) is 83.1 Å². The molecular weight excluding hydrogens is 336 g/mol. The molecule has 2 N–H and O–H groups in total. The highest BCUT2D eigenvalue weighted by Crippen LogP contribution is 2.06. The normalized spacial score (nSPS) is 21.1. The second kappa shape index (κ2) is 13.0. The Kier molecular flexibility index (Phi) is 11.4. The molecule has 0 spiro atoms. The van der Waals surface area contributed by atoms with E-state index in [1.54, 1.807) is 0 Å². The van der Waals surface area contributed by atoms with Gasteiger partial charge >= 0.3 is 11.9 Å². The van der Waals surface area contributed by atoms with E-state index in [1.165, 1.54) is 0 Å². The second-order valence-electron chi connectivity index (χ2n) is 6.43. The third kappa shape index (κ3) is 7.99. The Hall–Kier alpha value is -1.22. The van der Waals surface area contributed by atoms with Crippen molar-refractivity contribution in [2.24, 2.45) is 0 Å². The molecule has 0 amide bonds. The fourth-order valence-corrected chi connectivity index (χ4v) is 2.95. The highest BCUT2D eigenvalue weighted by Gasteiger charge is 2.26. The van der Waals surface area contributed by atoms with E-state index >= 15 is 0 Å². The average Bonchev–Trinajstić information content (AvgIpc) is 2.61. The number of rotatable bonds is 6. The molecule has 0 radical (unpaired) electrons. The van der Waals surface area contributed by atoms with Gasteiger partial charge in [-0.05, 0) is 27.7 Å². The molecule has 26 heavy (non-hydrogen) atoms. The summed E-state index contributed by atoms with van der Waals surface area (Å²) < 4.78 is 10.4. The number of hydrogen-bond donors (Lipinski definition) is 2. The van der Waals surface area contributed by atoms with Crippen molar-refractivity contribution in [3.05, 3.63) is 0 Å². The molecule has 8 heteroatoms. The van der Waals surface area contributed by atoms with Gasteiger partial charge in [0.25, 0.3) is 0 Å². The smallest absolute Gasteiger partial charge is 0.323 e. The molecule has 0 bridgehead atoms. The third-order valence-electron chi connectivity index (χ3n) is 4.66. The van der Waals surface area contributed by atoms with E-state index in [0.717, 1.165) is 39.3 Å². The molecule has 1 saturated heterocycles. The lowest BCUT2D eigenvalue weighted by atomic mass is 10.2. The van der Waals surface area contributed by atoms with Crippen LogP contribution in [-0.2, 0) is 19.1 Å². The minimum Gasteiger partial charge on any atom is -0.465 e. The van der Waals surface area contributed by atoms with Gasteiger partial charge < -0.3 is 20.1 Å². The summed E-state index contributed by atoms with van der Waals surface area (Å²) in [7, 11) is 0. The van der Waals surface area contributed by atoms with E-state index in [1.807, 2.05) is 27.7 Å². The van der Waals surface area contributed by atoms with Crippen LogP contribution in [0.25, 0.3) is 0 Å². The van der Waals surface area contributed by atoms with Gasteiger partial charge in [-0.15, -0.1) is 0 Å². The Balaban J connectivity index is 2.77. The molecule has 8 nitrogen and oxygen atoms in total. The standard InChI is InChI=1S/C18H36N4O4/c1-5-25-17(23)15(3)21-11-9-19-7-8-20-10-12-22(14-13-21)16(4)18(24)26-6-2/h15-16,19-20H,5-14H2,1-4H3. The molecule has 0 aromatic heterocycles. The van der Waals surface area contributed by atoms with E-state index in [0.29, 0.717) is 26.3 Å². The molecule has 0 saturated carbocycles. The van der Waals surface area contributed by atoms with E-state index in [2.05, 4.69) is 20.4 Å². The summed E-state index contributed by atoms with van der Waals surface area (Å²) in [6, 6.07) is -0.616. The van der Waals surface area contributed by atoms with Crippen molar-refractivity contribution in [3.8, 4) is 0 Å². The van der Waals surface area contributed by atoms with E-state index in [9.17, 15) is 9.59 Å². The van der Waals surface area contributed by atoms with Crippen LogP contribution in [-0.4, -0.2) is 99.4 Å². The highest BCUT2D eigenvalue weighted by molar-refractivity contribution is 5.75. The Morgan fingerprint density at radius 3 is 1.50 bits per heavy atom. The first-order valence-corrected chi connectivity index (χ1v) is 9.74. The first kappa shape index (κ1) is 22.8. The summed E-state index contributed by atoms with van der Waals surface area (Å²) in [5, 5.41) is 6.77. The summed E-state index contributed by atoms with van der Waals surface area (Å²) in [6.07, 6.45) is 0. The van der Waals surface area contributed by atoms with Crippen molar-refractivity contribution in [2.45, 2.75) is 39.8 Å². The van der Waals surface area contributed by atoms with Crippen LogP contribution in [0.5, 0.6) is 0 Å². The quantitative estimate of drug-likeness (QED) is 0.614. The fraction of sp³-hybridized carbons (Fsp3) is 0.889. The number of carbonyl (C=O) groups excluding carboxylic acids is 2. The van der Waals surface area contributed by atoms with E-state index in [4.69, 9.17) is 9.47 Å². The van der Waals surface area contributed by atoms with E-state index < -0.39 is 0 Å². The van der Waals surface area contributed by atoms with Crippen LogP contribution in [0, 0.1) is 0 Å². The molecule has 2 atom stereocenters. The van der Waals surface area contributed by atoms with Crippen LogP contribution < -0.4 is 10.6 Å². The summed E-state index contributed by atoms with van der Waals surface area (Å²) >= 11 is 0. The maximum Gasteiger partial charge on any atom is 0.323 e. The van der Waals surface area contributed by atoms with Gasteiger partial charge in [-0.1, -0.05) is 0 Å². The minimum atomic E-state index is -0.308. The Labute approximate surface area is 157 Å². The molecule has 0 aromatic rings. The largest absolute Gasteiger partial charge is 0.465 e. The Bertz CT molecular complexity index is 384. The fourth-order valence-electron chi connectivity index (χ4n) is 2.95. The number of esters is 2. The second-order valence-corrected chi connectivity index (χ2v) is 6.43. The number of carbonyl (C=O) groups is 2. The molecule has 0 aliphatic carbocycles. The number of hydrogen-bond acceptors (Lipinski definition) is 8. The monoisotopic (exact) mass is 372 g/mol. The van der Waals surface area contributed by atoms with Gasteiger partial charge in [0.2, 0.25) is 0 Å². The lowest BCUT2D eigenvalue weighted by molar-refractivity contribution is -0.151. The summed E-state index contributed by atoms with van der Waals surface area (Å²) in [5.74, 6) is -0.405. The van der Waals surface area contributed by atoms with Crippen molar-refractivity contribution in [1.29, 1.82) is 0 Å². The first-order valence-electron chi connectivity index (χ1n) is 9.74. The predicted octanol–water partition coefficient (Wildman–Crippen LogP) is -0.314. The lowest BCUT2D eigenvalue weighted by Gasteiger charge is -2.33. The molecule has 0 aromatic carbocycles. The zero-order chi connectivity index (χ0) is 19.4. The number of ether oxygens (including phenoxy) is 2. The van der Waals surface area contributed by atoms with Crippen molar-refractivity contribution >= 4 is 11.9 Å². The molecule has 1 rings (SSSR count). The number of nitrogens with zero attached hydrogens (tertiary/aromatic N) is 2. The van der Waals surface area contributed by atoms with Crippen LogP contribution in [0.2, 0.25) is 0 Å². The van der Waals surface area contributed by atoms with Crippen molar-refractivity contribution in [1.82, 2.24) is 20.4 Å². The summed E-state index contributed by atoms with van der Waals surface area (Å²) in [6.45, 7) is 14.4. The number of nitrogens with one attached hydrogen (secondary N) is 2. The van der Waals surface area contributed by atoms with Crippen LogP contribution >= 0.6 is 0 Å². The van der Waals surface area contributed by atoms with E-state index in [-0.39, 0.29) is 24.0 Å². The van der Waals surface area contributed by atoms with Crippen LogP contribution in [0.15, 0.2) is 0 Å². The van der Waals surface area contributed by atoms with Gasteiger partial charge in [0.05, 0.1) is 13.2 Å². The first-order chi connectivity index (χ1) is 12.5. The Morgan fingerprint density at radius 2 is 1.15 bits per heavy atom. The summed E-state index contributed by atoms with van der Waals surface area (Å²) in [5.41, 5.74) is 0. The maximum absolute atomic E-state index is 12.1. The molecule has 1 aliphatic heterocycles. The molecule has 1 aliphatic rings. The zero-order valence-corrected chi connectivity index (χ0v) is 16.8. The van der Waals surface area contributed by atoms with Crippen molar-refractivity contribution in [2.75, 3.05) is 65.6 Å². The molecular formula is C18H36N4O4. The minimum absolute atomic E-state index is 0.203. The van der Waals surface area contributed by atoms with Crippen molar-refractivity contribution in [3.63, 3.8) is 0 Å². The van der Waals surface area contributed by atoms with Crippen LogP contribution in [0.3, 0.4) is 0 Å². The average molecular weight is 373 g/mol. The highest BCUT2D eigenvalue weighted by atomic mass is 16.5. The van der Waals surface area contributed by atoms with Gasteiger partial charge in [-0.3, -0.25) is 19.4 Å².